The molecule has 1 atom stereocenters. The number of hydrogen-bond acceptors (Lipinski definition) is 4. The zero-order chi connectivity index (χ0) is 12.1. The van der Waals surface area contributed by atoms with Crippen molar-refractivity contribution in [3.05, 3.63) is 18.3 Å². The average Bonchev–Trinajstić information content (AvgIpc) is 2.80. The Morgan fingerprint density at radius 3 is 3.06 bits per heavy atom. The molecule has 92 valence electrons. The van der Waals surface area contributed by atoms with Crippen molar-refractivity contribution in [2.75, 3.05) is 23.8 Å². The van der Waals surface area contributed by atoms with Gasteiger partial charge >= 0.3 is 0 Å². The standard InChI is InChI=1S/C12H17N3O2/c1-9(16)15-10-4-5-12(13-7-10)14-8-11-3-2-6-17-11/h4-5,7,11H,2-3,6,8H2,1H3,(H,13,14)(H,15,16). The average molecular weight is 235 g/mol. The van der Waals surface area contributed by atoms with Gasteiger partial charge in [0.25, 0.3) is 0 Å². The van der Waals surface area contributed by atoms with Crippen LogP contribution >= 0.6 is 0 Å². The molecule has 0 spiro atoms. The van der Waals surface area contributed by atoms with E-state index in [4.69, 9.17) is 4.74 Å². The van der Waals surface area contributed by atoms with Gasteiger partial charge in [-0.1, -0.05) is 0 Å². The molecule has 1 aromatic heterocycles. The Hall–Kier alpha value is -1.62. The largest absolute Gasteiger partial charge is 0.376 e. The molecule has 2 N–H and O–H groups in total. The van der Waals surface area contributed by atoms with Crippen LogP contribution in [0.5, 0.6) is 0 Å². The van der Waals surface area contributed by atoms with E-state index >= 15 is 0 Å². The molecule has 17 heavy (non-hydrogen) atoms. The van der Waals surface area contributed by atoms with E-state index in [0.717, 1.165) is 31.8 Å². The van der Waals surface area contributed by atoms with E-state index in [1.807, 2.05) is 12.1 Å². The molecule has 1 aliphatic heterocycles. The highest BCUT2D eigenvalue weighted by atomic mass is 16.5. The zero-order valence-corrected chi connectivity index (χ0v) is 9.90. The van der Waals surface area contributed by atoms with Gasteiger partial charge in [0.1, 0.15) is 5.82 Å². The molecule has 1 unspecified atom stereocenters. The Kier molecular flexibility index (Phi) is 3.93. The fraction of sp³-hybridized carbons (Fsp3) is 0.500. The third-order valence-electron chi connectivity index (χ3n) is 2.62. The normalized spacial score (nSPS) is 19.0. The van der Waals surface area contributed by atoms with Crippen molar-refractivity contribution < 1.29 is 9.53 Å². The van der Waals surface area contributed by atoms with E-state index in [2.05, 4.69) is 15.6 Å². The van der Waals surface area contributed by atoms with E-state index < -0.39 is 0 Å². The van der Waals surface area contributed by atoms with E-state index in [9.17, 15) is 4.79 Å². The number of amides is 1. The minimum absolute atomic E-state index is 0.0909. The topological polar surface area (TPSA) is 63.2 Å². The van der Waals surface area contributed by atoms with Crippen LogP contribution in [0, 0.1) is 0 Å². The summed E-state index contributed by atoms with van der Waals surface area (Å²) < 4.78 is 5.50. The maximum Gasteiger partial charge on any atom is 0.221 e. The van der Waals surface area contributed by atoms with E-state index in [1.165, 1.54) is 6.92 Å². The predicted octanol–water partition coefficient (Wildman–Crippen LogP) is 1.63. The summed E-state index contributed by atoms with van der Waals surface area (Å²) in [6.07, 6.45) is 4.18. The smallest absolute Gasteiger partial charge is 0.221 e. The molecule has 1 saturated heterocycles. The van der Waals surface area contributed by atoms with E-state index in [0.29, 0.717) is 11.8 Å². The van der Waals surface area contributed by atoms with Crippen LogP contribution in [0.4, 0.5) is 11.5 Å². The molecule has 5 heteroatoms. The number of nitrogens with one attached hydrogen (secondary N) is 2. The number of ether oxygens (including phenoxy) is 1. The molecule has 0 saturated carbocycles. The maximum absolute atomic E-state index is 10.8. The van der Waals surface area contributed by atoms with Crippen molar-refractivity contribution in [1.82, 2.24) is 4.98 Å². The molecule has 1 fully saturated rings. The first kappa shape index (κ1) is 11.9. The number of nitrogens with zero attached hydrogens (tertiary/aromatic N) is 1. The third-order valence-corrected chi connectivity index (χ3v) is 2.62. The second kappa shape index (κ2) is 5.63. The zero-order valence-electron chi connectivity index (χ0n) is 9.90. The fourth-order valence-electron chi connectivity index (χ4n) is 1.80. The number of rotatable bonds is 4. The molecule has 2 heterocycles. The molecule has 1 aromatic rings. The summed E-state index contributed by atoms with van der Waals surface area (Å²) in [5.74, 6) is 0.710. The molecular weight excluding hydrogens is 218 g/mol. The fourth-order valence-corrected chi connectivity index (χ4v) is 1.80. The molecule has 5 nitrogen and oxygen atoms in total. The van der Waals surface area contributed by atoms with Crippen LogP contribution in [0.1, 0.15) is 19.8 Å². The first-order valence-corrected chi connectivity index (χ1v) is 5.83. The van der Waals surface area contributed by atoms with Gasteiger partial charge in [-0.3, -0.25) is 4.79 Å². The maximum atomic E-state index is 10.8. The van der Waals surface area contributed by atoms with Crippen LogP contribution < -0.4 is 10.6 Å². The van der Waals surface area contributed by atoms with Crippen LogP contribution in [0.3, 0.4) is 0 Å². The van der Waals surface area contributed by atoms with Crippen molar-refractivity contribution >= 4 is 17.4 Å². The lowest BCUT2D eigenvalue weighted by atomic mass is 10.2. The van der Waals surface area contributed by atoms with Crippen molar-refractivity contribution in [1.29, 1.82) is 0 Å². The summed E-state index contributed by atoms with van der Waals surface area (Å²) in [5, 5.41) is 5.89. The van der Waals surface area contributed by atoms with Crippen molar-refractivity contribution in [3.63, 3.8) is 0 Å². The Bertz CT molecular complexity index is 372. The van der Waals surface area contributed by atoms with Crippen LogP contribution in [-0.4, -0.2) is 30.1 Å². The lowest BCUT2D eigenvalue weighted by Gasteiger charge is -2.11. The Morgan fingerprint density at radius 1 is 1.59 bits per heavy atom. The van der Waals surface area contributed by atoms with Gasteiger partial charge in [0.15, 0.2) is 0 Å². The number of carbonyl (C=O) groups excluding carboxylic acids is 1. The first-order chi connectivity index (χ1) is 8.24. The van der Waals surface area contributed by atoms with Crippen molar-refractivity contribution in [2.24, 2.45) is 0 Å². The third kappa shape index (κ3) is 3.71. The second-order valence-electron chi connectivity index (χ2n) is 4.13. The van der Waals surface area contributed by atoms with Gasteiger partial charge in [0, 0.05) is 20.1 Å². The number of aromatic nitrogens is 1. The summed E-state index contributed by atoms with van der Waals surface area (Å²) in [6, 6.07) is 3.67. The molecule has 0 aliphatic carbocycles. The van der Waals surface area contributed by atoms with Crippen molar-refractivity contribution in [2.45, 2.75) is 25.9 Å². The summed E-state index contributed by atoms with van der Waals surface area (Å²) in [6.45, 7) is 3.12. The molecular formula is C12H17N3O2. The number of pyridine rings is 1. The first-order valence-electron chi connectivity index (χ1n) is 5.83. The van der Waals surface area contributed by atoms with Gasteiger partial charge in [-0.25, -0.2) is 4.98 Å². The summed E-state index contributed by atoms with van der Waals surface area (Å²) in [4.78, 5) is 15.0. The van der Waals surface area contributed by atoms with Crippen LogP contribution in [0.25, 0.3) is 0 Å². The molecule has 1 aliphatic rings. The highest BCUT2D eigenvalue weighted by molar-refractivity contribution is 5.88. The van der Waals surface area contributed by atoms with Gasteiger partial charge in [0.05, 0.1) is 18.0 Å². The van der Waals surface area contributed by atoms with E-state index in [1.54, 1.807) is 6.20 Å². The van der Waals surface area contributed by atoms with Gasteiger partial charge in [0.2, 0.25) is 5.91 Å². The predicted molar refractivity (Wildman–Crippen MR) is 66.0 cm³/mol. The number of anilines is 2. The van der Waals surface area contributed by atoms with Crippen LogP contribution in [-0.2, 0) is 9.53 Å². The number of hydrogen-bond donors (Lipinski definition) is 2. The lowest BCUT2D eigenvalue weighted by molar-refractivity contribution is -0.114. The Labute approximate surface area is 101 Å². The quantitative estimate of drug-likeness (QED) is 0.832. The second-order valence-corrected chi connectivity index (χ2v) is 4.13. The van der Waals surface area contributed by atoms with Gasteiger partial charge in [-0.15, -0.1) is 0 Å². The summed E-state index contributed by atoms with van der Waals surface area (Å²) in [5.41, 5.74) is 0.708. The van der Waals surface area contributed by atoms with Gasteiger partial charge in [-0.2, -0.15) is 0 Å². The SMILES string of the molecule is CC(=O)Nc1ccc(NCC2CCCO2)nc1. The molecule has 0 radical (unpaired) electrons. The van der Waals surface area contributed by atoms with Crippen LogP contribution in [0.2, 0.25) is 0 Å². The molecule has 0 aromatic carbocycles. The Balaban J connectivity index is 1.82. The molecule has 0 bridgehead atoms. The summed E-state index contributed by atoms with van der Waals surface area (Å²) in [7, 11) is 0. The van der Waals surface area contributed by atoms with Gasteiger partial charge in [-0.05, 0) is 25.0 Å². The molecule has 1 amide bonds. The van der Waals surface area contributed by atoms with E-state index in [-0.39, 0.29) is 5.91 Å². The highest BCUT2D eigenvalue weighted by Crippen LogP contribution is 2.14. The van der Waals surface area contributed by atoms with Crippen molar-refractivity contribution in [3.8, 4) is 0 Å². The minimum atomic E-state index is -0.0909. The Morgan fingerprint density at radius 2 is 2.47 bits per heavy atom. The van der Waals surface area contributed by atoms with Gasteiger partial charge < -0.3 is 15.4 Å². The minimum Gasteiger partial charge on any atom is -0.376 e. The summed E-state index contributed by atoms with van der Waals surface area (Å²) >= 11 is 0. The molecule has 2 rings (SSSR count). The number of carbonyl (C=O) groups is 1. The highest BCUT2D eigenvalue weighted by Gasteiger charge is 2.14. The lowest BCUT2D eigenvalue weighted by Crippen LogP contribution is -2.18. The monoisotopic (exact) mass is 235 g/mol. The van der Waals surface area contributed by atoms with Crippen LogP contribution in [0.15, 0.2) is 18.3 Å².